The van der Waals surface area contributed by atoms with Gasteiger partial charge >= 0.3 is 0 Å². The molecule has 0 spiro atoms. The van der Waals surface area contributed by atoms with Crippen molar-refractivity contribution in [2.75, 3.05) is 18.2 Å². The Balaban J connectivity index is 2.01. The zero-order chi connectivity index (χ0) is 14.7. The second-order valence-corrected chi connectivity index (χ2v) is 4.86. The number of hydrogen-bond donors (Lipinski definition) is 2. The van der Waals surface area contributed by atoms with Gasteiger partial charge in [0.15, 0.2) is 0 Å². The number of benzene rings is 2. The number of rotatable bonds is 4. The van der Waals surface area contributed by atoms with Gasteiger partial charge in [0.05, 0.1) is 29.7 Å². The molecule has 0 bridgehead atoms. The van der Waals surface area contributed by atoms with Crippen LogP contribution in [0.3, 0.4) is 0 Å². The molecule has 0 atom stereocenters. The Morgan fingerprint density at radius 1 is 1.14 bits per heavy atom. The van der Waals surface area contributed by atoms with Gasteiger partial charge in [-0.25, -0.2) is 0 Å². The molecule has 0 aliphatic rings. The van der Waals surface area contributed by atoms with Crippen LogP contribution >= 0.6 is 0 Å². The van der Waals surface area contributed by atoms with E-state index in [0.29, 0.717) is 12.3 Å². The van der Waals surface area contributed by atoms with Crippen LogP contribution in [0.5, 0.6) is 0 Å². The summed E-state index contributed by atoms with van der Waals surface area (Å²) in [6, 6.07) is 16.0. The van der Waals surface area contributed by atoms with Gasteiger partial charge in [-0.3, -0.25) is 4.98 Å². The van der Waals surface area contributed by atoms with E-state index in [1.54, 1.807) is 13.3 Å². The maximum absolute atomic E-state index is 6.08. The fourth-order valence-electron chi connectivity index (χ4n) is 2.35. The number of anilines is 3. The molecule has 0 fully saturated rings. The van der Waals surface area contributed by atoms with Crippen LogP contribution in [0.2, 0.25) is 0 Å². The summed E-state index contributed by atoms with van der Waals surface area (Å²) in [5, 5.41) is 4.40. The lowest BCUT2D eigenvalue weighted by Gasteiger charge is -2.13. The third-order valence-electron chi connectivity index (χ3n) is 3.31. The van der Waals surface area contributed by atoms with E-state index < -0.39 is 0 Å². The zero-order valence-electron chi connectivity index (χ0n) is 11.8. The number of methoxy groups -OCH3 is 1. The van der Waals surface area contributed by atoms with Gasteiger partial charge in [-0.1, -0.05) is 30.3 Å². The van der Waals surface area contributed by atoms with Crippen LogP contribution in [0.1, 0.15) is 5.56 Å². The standard InChI is InChI=1S/C17H17N3O/c1-21-11-12-5-4-6-13(9-12)20-17-14-7-2-3-8-16(14)19-10-15(17)18/h2-10H,11,18H2,1H3,(H,19,20). The molecule has 2 aromatic carbocycles. The van der Waals surface area contributed by atoms with Crippen LogP contribution in [-0.4, -0.2) is 12.1 Å². The van der Waals surface area contributed by atoms with Gasteiger partial charge in [-0.15, -0.1) is 0 Å². The molecule has 0 radical (unpaired) electrons. The molecule has 21 heavy (non-hydrogen) atoms. The second-order valence-electron chi connectivity index (χ2n) is 4.86. The van der Waals surface area contributed by atoms with Crippen molar-refractivity contribution in [3.8, 4) is 0 Å². The highest BCUT2D eigenvalue weighted by Gasteiger charge is 2.07. The van der Waals surface area contributed by atoms with Crippen molar-refractivity contribution in [2.24, 2.45) is 0 Å². The van der Waals surface area contributed by atoms with E-state index in [4.69, 9.17) is 10.5 Å². The third-order valence-corrected chi connectivity index (χ3v) is 3.31. The number of nitrogens with two attached hydrogens (primary N) is 1. The van der Waals surface area contributed by atoms with E-state index in [0.717, 1.165) is 27.8 Å². The lowest BCUT2D eigenvalue weighted by atomic mass is 10.1. The summed E-state index contributed by atoms with van der Waals surface area (Å²) in [7, 11) is 1.69. The molecule has 0 amide bonds. The molecular formula is C17H17N3O. The summed E-state index contributed by atoms with van der Waals surface area (Å²) in [5.41, 5.74) is 10.6. The fraction of sp³-hybridized carbons (Fsp3) is 0.118. The first-order valence-electron chi connectivity index (χ1n) is 6.76. The highest BCUT2D eigenvalue weighted by Crippen LogP contribution is 2.30. The van der Waals surface area contributed by atoms with Crippen molar-refractivity contribution >= 4 is 28.0 Å². The van der Waals surface area contributed by atoms with Crippen molar-refractivity contribution in [1.82, 2.24) is 4.98 Å². The minimum absolute atomic E-state index is 0.585. The maximum Gasteiger partial charge on any atom is 0.0746 e. The highest BCUT2D eigenvalue weighted by atomic mass is 16.5. The molecule has 0 unspecified atom stereocenters. The van der Waals surface area contributed by atoms with Crippen molar-refractivity contribution < 1.29 is 4.74 Å². The van der Waals surface area contributed by atoms with E-state index in [2.05, 4.69) is 16.4 Å². The molecule has 0 aliphatic heterocycles. The van der Waals surface area contributed by atoms with Gasteiger partial charge in [0.2, 0.25) is 0 Å². The van der Waals surface area contributed by atoms with Gasteiger partial charge in [-0.05, 0) is 23.8 Å². The van der Waals surface area contributed by atoms with Crippen molar-refractivity contribution in [1.29, 1.82) is 0 Å². The molecule has 3 aromatic rings. The van der Waals surface area contributed by atoms with Gasteiger partial charge in [0.1, 0.15) is 0 Å². The predicted octanol–water partition coefficient (Wildman–Crippen LogP) is 3.71. The van der Waals surface area contributed by atoms with Crippen LogP contribution in [0.15, 0.2) is 54.7 Å². The first kappa shape index (κ1) is 13.4. The van der Waals surface area contributed by atoms with Gasteiger partial charge in [-0.2, -0.15) is 0 Å². The number of pyridine rings is 1. The predicted molar refractivity (Wildman–Crippen MR) is 86.6 cm³/mol. The average molecular weight is 279 g/mol. The Kier molecular flexibility index (Phi) is 3.71. The van der Waals surface area contributed by atoms with Crippen LogP contribution in [0, 0.1) is 0 Å². The van der Waals surface area contributed by atoms with Crippen LogP contribution in [0.25, 0.3) is 10.9 Å². The van der Waals surface area contributed by atoms with Crippen molar-refractivity contribution in [2.45, 2.75) is 6.61 Å². The quantitative estimate of drug-likeness (QED) is 0.764. The molecule has 0 aliphatic carbocycles. The minimum atomic E-state index is 0.585. The smallest absolute Gasteiger partial charge is 0.0746 e. The van der Waals surface area contributed by atoms with Crippen LogP contribution in [-0.2, 0) is 11.3 Å². The van der Waals surface area contributed by atoms with Crippen LogP contribution in [0.4, 0.5) is 17.1 Å². The molecule has 3 rings (SSSR count). The number of nitrogen functional groups attached to an aromatic ring is 1. The van der Waals surface area contributed by atoms with E-state index in [1.165, 1.54) is 0 Å². The first-order valence-corrected chi connectivity index (χ1v) is 6.76. The van der Waals surface area contributed by atoms with Gasteiger partial charge < -0.3 is 15.8 Å². The van der Waals surface area contributed by atoms with Crippen molar-refractivity contribution in [3.05, 3.63) is 60.3 Å². The summed E-state index contributed by atoms with van der Waals surface area (Å²) >= 11 is 0. The second kappa shape index (κ2) is 5.81. The zero-order valence-corrected chi connectivity index (χ0v) is 11.8. The Bertz CT molecular complexity index is 771. The molecule has 106 valence electrons. The number of ether oxygens (including phenoxy) is 1. The summed E-state index contributed by atoms with van der Waals surface area (Å²) in [5.74, 6) is 0. The molecule has 3 N–H and O–H groups in total. The van der Waals surface area contributed by atoms with E-state index in [9.17, 15) is 0 Å². The molecule has 4 nitrogen and oxygen atoms in total. The summed E-state index contributed by atoms with van der Waals surface area (Å²) < 4.78 is 5.16. The lowest BCUT2D eigenvalue weighted by Crippen LogP contribution is -1.99. The third kappa shape index (κ3) is 2.80. The van der Waals surface area contributed by atoms with Crippen LogP contribution < -0.4 is 11.1 Å². The maximum atomic E-state index is 6.08. The Labute approximate surface area is 123 Å². The summed E-state index contributed by atoms with van der Waals surface area (Å²) in [6.07, 6.45) is 1.68. The highest BCUT2D eigenvalue weighted by molar-refractivity contribution is 5.98. The molecule has 1 heterocycles. The minimum Gasteiger partial charge on any atom is -0.396 e. The molecule has 0 saturated heterocycles. The summed E-state index contributed by atoms with van der Waals surface area (Å²) in [6.45, 7) is 0.585. The molecular weight excluding hydrogens is 262 g/mol. The number of fused-ring (bicyclic) bond motifs is 1. The monoisotopic (exact) mass is 279 g/mol. The Hall–Kier alpha value is -2.59. The topological polar surface area (TPSA) is 60.2 Å². The fourth-order valence-corrected chi connectivity index (χ4v) is 2.35. The van der Waals surface area contributed by atoms with Crippen molar-refractivity contribution in [3.63, 3.8) is 0 Å². The number of nitrogens with zero attached hydrogens (tertiary/aromatic N) is 1. The normalized spacial score (nSPS) is 10.7. The number of aromatic nitrogens is 1. The van der Waals surface area contributed by atoms with E-state index in [-0.39, 0.29) is 0 Å². The van der Waals surface area contributed by atoms with Gasteiger partial charge in [0.25, 0.3) is 0 Å². The largest absolute Gasteiger partial charge is 0.396 e. The number of hydrogen-bond acceptors (Lipinski definition) is 4. The Morgan fingerprint density at radius 3 is 2.86 bits per heavy atom. The molecule has 1 aromatic heterocycles. The van der Waals surface area contributed by atoms with E-state index in [1.807, 2.05) is 42.5 Å². The number of para-hydroxylation sites is 1. The number of nitrogens with one attached hydrogen (secondary N) is 1. The summed E-state index contributed by atoms with van der Waals surface area (Å²) in [4.78, 5) is 4.35. The molecule has 0 saturated carbocycles. The molecule has 4 heteroatoms. The van der Waals surface area contributed by atoms with Gasteiger partial charge in [0, 0.05) is 18.2 Å². The van der Waals surface area contributed by atoms with E-state index >= 15 is 0 Å². The first-order chi connectivity index (χ1) is 10.3. The average Bonchev–Trinajstić information content (AvgIpc) is 2.51. The Morgan fingerprint density at radius 2 is 2.00 bits per heavy atom. The lowest BCUT2D eigenvalue weighted by molar-refractivity contribution is 0.185. The SMILES string of the molecule is COCc1cccc(Nc2c(N)cnc3ccccc23)c1.